The summed E-state index contributed by atoms with van der Waals surface area (Å²) >= 11 is 5.99. The number of aliphatic imine (C=N–C) groups is 1. The maximum atomic E-state index is 5.99. The van der Waals surface area contributed by atoms with E-state index in [1.165, 1.54) is 11.1 Å². The Kier molecular flexibility index (Phi) is 7.09. The Balaban J connectivity index is 2.09. The van der Waals surface area contributed by atoms with Gasteiger partial charge in [-0.3, -0.25) is 4.99 Å². The Hall–Kier alpha value is -2.04. The SMILES string of the molecule is CN=C(NCc1ccccc1-c1ccc(Cl)cc1)NC(C)COC. The normalized spacial score (nSPS) is 12.8. The van der Waals surface area contributed by atoms with Gasteiger partial charge < -0.3 is 15.4 Å². The average molecular weight is 346 g/mol. The number of methoxy groups -OCH3 is 1. The lowest BCUT2D eigenvalue weighted by atomic mass is 10.00. The Morgan fingerprint density at radius 3 is 2.54 bits per heavy atom. The number of hydrogen-bond donors (Lipinski definition) is 2. The van der Waals surface area contributed by atoms with E-state index in [2.05, 4.69) is 34.7 Å². The molecule has 0 amide bonds. The molecule has 1 unspecified atom stereocenters. The number of rotatable bonds is 6. The molecule has 0 spiro atoms. The quantitative estimate of drug-likeness (QED) is 0.619. The third-order valence-electron chi connectivity index (χ3n) is 3.64. The fourth-order valence-corrected chi connectivity index (χ4v) is 2.61. The number of benzene rings is 2. The fourth-order valence-electron chi connectivity index (χ4n) is 2.48. The van der Waals surface area contributed by atoms with E-state index in [-0.39, 0.29) is 6.04 Å². The molecule has 1 atom stereocenters. The molecule has 4 nitrogen and oxygen atoms in total. The van der Waals surface area contributed by atoms with Crippen molar-refractivity contribution in [3.8, 4) is 11.1 Å². The summed E-state index contributed by atoms with van der Waals surface area (Å²) in [6.07, 6.45) is 0. The van der Waals surface area contributed by atoms with Crippen LogP contribution in [0.2, 0.25) is 5.02 Å². The summed E-state index contributed by atoms with van der Waals surface area (Å²) in [5, 5.41) is 7.40. The third kappa shape index (κ3) is 5.25. The smallest absolute Gasteiger partial charge is 0.191 e. The molecule has 0 heterocycles. The minimum absolute atomic E-state index is 0.188. The molecule has 0 saturated carbocycles. The first-order valence-electron chi connectivity index (χ1n) is 7.94. The lowest BCUT2D eigenvalue weighted by Crippen LogP contribution is -2.43. The molecule has 0 bridgehead atoms. The van der Waals surface area contributed by atoms with Crippen molar-refractivity contribution >= 4 is 17.6 Å². The van der Waals surface area contributed by atoms with E-state index < -0.39 is 0 Å². The second-order valence-electron chi connectivity index (χ2n) is 5.59. The van der Waals surface area contributed by atoms with Crippen LogP contribution < -0.4 is 10.6 Å². The summed E-state index contributed by atoms with van der Waals surface area (Å²) < 4.78 is 5.14. The van der Waals surface area contributed by atoms with Gasteiger partial charge >= 0.3 is 0 Å². The van der Waals surface area contributed by atoms with Crippen LogP contribution >= 0.6 is 11.6 Å². The zero-order valence-electron chi connectivity index (χ0n) is 14.3. The van der Waals surface area contributed by atoms with Crippen LogP contribution in [0, 0.1) is 0 Å². The first-order valence-corrected chi connectivity index (χ1v) is 8.31. The Bertz CT molecular complexity index is 671. The molecule has 2 aromatic carbocycles. The van der Waals surface area contributed by atoms with Crippen molar-refractivity contribution in [1.82, 2.24) is 10.6 Å². The maximum Gasteiger partial charge on any atom is 0.191 e. The number of nitrogens with zero attached hydrogens (tertiary/aromatic N) is 1. The van der Waals surface area contributed by atoms with Gasteiger partial charge in [-0.05, 0) is 35.7 Å². The number of ether oxygens (including phenoxy) is 1. The second kappa shape index (κ2) is 9.30. The molecular weight excluding hydrogens is 322 g/mol. The Labute approximate surface area is 148 Å². The zero-order chi connectivity index (χ0) is 17.4. The van der Waals surface area contributed by atoms with Gasteiger partial charge in [-0.15, -0.1) is 0 Å². The van der Waals surface area contributed by atoms with Gasteiger partial charge in [0, 0.05) is 31.8 Å². The fraction of sp³-hybridized carbons (Fsp3) is 0.316. The van der Waals surface area contributed by atoms with Crippen LogP contribution in [0.3, 0.4) is 0 Å². The van der Waals surface area contributed by atoms with Crippen molar-refractivity contribution in [1.29, 1.82) is 0 Å². The molecule has 0 fully saturated rings. The number of guanidine groups is 1. The molecule has 2 rings (SSSR count). The van der Waals surface area contributed by atoms with E-state index in [4.69, 9.17) is 16.3 Å². The van der Waals surface area contributed by atoms with Crippen molar-refractivity contribution in [3.05, 3.63) is 59.1 Å². The van der Waals surface area contributed by atoms with E-state index in [9.17, 15) is 0 Å². The van der Waals surface area contributed by atoms with Crippen molar-refractivity contribution < 1.29 is 4.74 Å². The van der Waals surface area contributed by atoms with Crippen molar-refractivity contribution in [3.63, 3.8) is 0 Å². The predicted octanol–water partition coefficient (Wildman–Crippen LogP) is 3.71. The topological polar surface area (TPSA) is 45.7 Å². The molecule has 24 heavy (non-hydrogen) atoms. The van der Waals surface area contributed by atoms with E-state index in [1.807, 2.05) is 36.4 Å². The summed E-state index contributed by atoms with van der Waals surface area (Å²) in [6.45, 7) is 3.36. The van der Waals surface area contributed by atoms with Gasteiger partial charge in [0.25, 0.3) is 0 Å². The molecule has 0 radical (unpaired) electrons. The first-order chi connectivity index (χ1) is 11.6. The van der Waals surface area contributed by atoms with E-state index >= 15 is 0 Å². The van der Waals surface area contributed by atoms with Crippen LogP contribution in [-0.4, -0.2) is 32.8 Å². The molecule has 2 aromatic rings. The molecule has 0 aliphatic carbocycles. The van der Waals surface area contributed by atoms with Gasteiger partial charge in [-0.2, -0.15) is 0 Å². The van der Waals surface area contributed by atoms with E-state index in [0.29, 0.717) is 13.2 Å². The minimum Gasteiger partial charge on any atom is -0.383 e. The van der Waals surface area contributed by atoms with E-state index in [0.717, 1.165) is 16.5 Å². The zero-order valence-corrected chi connectivity index (χ0v) is 15.1. The van der Waals surface area contributed by atoms with Gasteiger partial charge in [0.05, 0.1) is 6.61 Å². The summed E-state index contributed by atoms with van der Waals surface area (Å²) in [4.78, 5) is 4.26. The van der Waals surface area contributed by atoms with Gasteiger partial charge in [-0.1, -0.05) is 48.0 Å². The summed E-state index contributed by atoms with van der Waals surface area (Å²) in [7, 11) is 3.46. The van der Waals surface area contributed by atoms with Crippen molar-refractivity contribution in [2.75, 3.05) is 20.8 Å². The van der Waals surface area contributed by atoms with Crippen LogP contribution in [0.5, 0.6) is 0 Å². The summed E-state index contributed by atoms with van der Waals surface area (Å²) in [6, 6.07) is 16.4. The standard InChI is InChI=1S/C19H24ClN3O/c1-14(13-24-3)23-19(21-2)22-12-16-6-4-5-7-18(16)15-8-10-17(20)11-9-15/h4-11,14H,12-13H2,1-3H3,(H2,21,22,23). The summed E-state index contributed by atoms with van der Waals surface area (Å²) in [5.41, 5.74) is 3.52. The summed E-state index contributed by atoms with van der Waals surface area (Å²) in [5.74, 6) is 0.755. The number of hydrogen-bond acceptors (Lipinski definition) is 2. The second-order valence-corrected chi connectivity index (χ2v) is 6.03. The van der Waals surface area contributed by atoms with Crippen LogP contribution in [0.25, 0.3) is 11.1 Å². The van der Waals surface area contributed by atoms with Crippen molar-refractivity contribution in [2.24, 2.45) is 4.99 Å². The van der Waals surface area contributed by atoms with Gasteiger partial charge in [0.2, 0.25) is 0 Å². The highest BCUT2D eigenvalue weighted by Crippen LogP contribution is 2.25. The maximum absolute atomic E-state index is 5.99. The average Bonchev–Trinajstić information content (AvgIpc) is 2.60. The van der Waals surface area contributed by atoms with Gasteiger partial charge in [-0.25, -0.2) is 0 Å². The van der Waals surface area contributed by atoms with Gasteiger partial charge in [0.15, 0.2) is 5.96 Å². The van der Waals surface area contributed by atoms with Crippen LogP contribution in [0.15, 0.2) is 53.5 Å². The predicted molar refractivity (Wildman–Crippen MR) is 102 cm³/mol. The third-order valence-corrected chi connectivity index (χ3v) is 3.89. The molecule has 0 aromatic heterocycles. The largest absolute Gasteiger partial charge is 0.383 e. The van der Waals surface area contributed by atoms with E-state index in [1.54, 1.807) is 14.2 Å². The monoisotopic (exact) mass is 345 g/mol. The molecular formula is C19H24ClN3O. The molecule has 0 saturated heterocycles. The highest BCUT2D eigenvalue weighted by molar-refractivity contribution is 6.30. The lowest BCUT2D eigenvalue weighted by molar-refractivity contribution is 0.179. The Morgan fingerprint density at radius 1 is 1.17 bits per heavy atom. The minimum atomic E-state index is 0.188. The number of nitrogens with one attached hydrogen (secondary N) is 2. The van der Waals surface area contributed by atoms with Crippen molar-refractivity contribution in [2.45, 2.75) is 19.5 Å². The highest BCUT2D eigenvalue weighted by atomic mass is 35.5. The molecule has 0 aliphatic rings. The van der Waals surface area contributed by atoms with Crippen LogP contribution in [0.1, 0.15) is 12.5 Å². The number of halogens is 1. The lowest BCUT2D eigenvalue weighted by Gasteiger charge is -2.18. The molecule has 2 N–H and O–H groups in total. The molecule has 5 heteroatoms. The Morgan fingerprint density at radius 2 is 1.88 bits per heavy atom. The van der Waals surface area contributed by atoms with Gasteiger partial charge in [0.1, 0.15) is 0 Å². The highest BCUT2D eigenvalue weighted by Gasteiger charge is 2.07. The molecule has 128 valence electrons. The molecule has 0 aliphatic heterocycles. The first kappa shape index (κ1) is 18.3. The van der Waals surface area contributed by atoms with Crippen LogP contribution in [0.4, 0.5) is 0 Å². The van der Waals surface area contributed by atoms with Crippen LogP contribution in [-0.2, 0) is 11.3 Å².